The lowest BCUT2D eigenvalue weighted by molar-refractivity contribution is 0.660. The van der Waals surface area contributed by atoms with Crippen LogP contribution in [-0.2, 0) is 5.41 Å². The number of thiophene rings is 1. The van der Waals surface area contributed by atoms with E-state index in [4.69, 9.17) is 9.97 Å². The Hall–Kier alpha value is -6.94. The first-order valence-corrected chi connectivity index (χ1v) is 20.7. The van der Waals surface area contributed by atoms with Gasteiger partial charge in [0.1, 0.15) is 0 Å². The Morgan fingerprint density at radius 1 is 0.379 bits per heavy atom. The zero-order valence-electron chi connectivity index (χ0n) is 32.3. The molecule has 0 amide bonds. The van der Waals surface area contributed by atoms with Gasteiger partial charge in [-0.1, -0.05) is 178 Å². The average molecular weight is 759 g/mol. The Morgan fingerprint density at radius 2 is 0.914 bits per heavy atom. The SMILES string of the molecule is CC1(C)c2ccccc2-c2c(-c3cc(-c4cc(-c5ccccc5-c5ccccc5)cc(-c5cccc6c5sc5ccccc56)c4)nc(-c4ccccc4)n3)cccc21. The molecule has 2 heterocycles. The maximum Gasteiger partial charge on any atom is 0.160 e. The predicted molar refractivity (Wildman–Crippen MR) is 245 cm³/mol. The van der Waals surface area contributed by atoms with Gasteiger partial charge in [-0.2, -0.15) is 0 Å². The van der Waals surface area contributed by atoms with Crippen molar-refractivity contribution in [2.45, 2.75) is 19.3 Å². The van der Waals surface area contributed by atoms with Crippen LogP contribution in [0, 0.1) is 0 Å². The summed E-state index contributed by atoms with van der Waals surface area (Å²) in [6.07, 6.45) is 0. The lowest BCUT2D eigenvalue weighted by Gasteiger charge is -2.21. The standard InChI is InChI=1S/C55H38N2S/c1-55(2)47-28-13-11-24-45(47)52-46(27-16-29-48(52)55)50-34-49(56-54(57-50)36-19-7-4-8-20-36)39-32-37(41-22-10-9-21-40(41)35-17-5-3-6-18-35)31-38(33-39)42-25-15-26-44-43-23-12-14-30-51(43)58-53(42)44/h3-34H,1-2H3. The first kappa shape index (κ1) is 34.3. The van der Waals surface area contributed by atoms with E-state index in [1.54, 1.807) is 0 Å². The van der Waals surface area contributed by atoms with Gasteiger partial charge in [-0.25, -0.2) is 9.97 Å². The van der Waals surface area contributed by atoms with Gasteiger partial charge in [-0.05, 0) is 86.0 Å². The molecule has 2 aromatic heterocycles. The Bertz CT molecular complexity index is 3190. The highest BCUT2D eigenvalue weighted by Gasteiger charge is 2.36. The third-order valence-electron chi connectivity index (χ3n) is 11.9. The van der Waals surface area contributed by atoms with Gasteiger partial charge in [0.25, 0.3) is 0 Å². The molecule has 0 N–H and O–H groups in total. The van der Waals surface area contributed by atoms with Gasteiger partial charge in [0.05, 0.1) is 11.4 Å². The second kappa shape index (κ2) is 13.6. The quantitative estimate of drug-likeness (QED) is 0.169. The first-order valence-electron chi connectivity index (χ1n) is 19.9. The maximum absolute atomic E-state index is 5.40. The van der Waals surface area contributed by atoms with Gasteiger partial charge in [-0.15, -0.1) is 11.3 Å². The van der Waals surface area contributed by atoms with Crippen molar-refractivity contribution in [3.05, 3.63) is 205 Å². The molecule has 0 spiro atoms. The van der Waals surface area contributed by atoms with Crippen LogP contribution in [0.1, 0.15) is 25.0 Å². The van der Waals surface area contributed by atoms with E-state index in [-0.39, 0.29) is 5.41 Å². The van der Waals surface area contributed by atoms with E-state index < -0.39 is 0 Å². The number of nitrogens with zero attached hydrogens (tertiary/aromatic N) is 2. The molecule has 0 unspecified atom stereocenters. The average Bonchev–Trinajstić information content (AvgIpc) is 3.79. The maximum atomic E-state index is 5.40. The zero-order chi connectivity index (χ0) is 38.8. The largest absolute Gasteiger partial charge is 0.228 e. The highest BCUT2D eigenvalue weighted by molar-refractivity contribution is 7.26. The molecule has 1 aliphatic rings. The van der Waals surface area contributed by atoms with Gasteiger partial charge < -0.3 is 0 Å². The molecule has 10 aromatic rings. The minimum Gasteiger partial charge on any atom is -0.228 e. The van der Waals surface area contributed by atoms with Crippen LogP contribution < -0.4 is 0 Å². The van der Waals surface area contributed by atoms with Crippen LogP contribution in [0.2, 0.25) is 0 Å². The molecule has 0 atom stereocenters. The smallest absolute Gasteiger partial charge is 0.160 e. The Balaban J connectivity index is 1.19. The fourth-order valence-electron chi connectivity index (χ4n) is 9.08. The molecule has 274 valence electrons. The van der Waals surface area contributed by atoms with E-state index >= 15 is 0 Å². The predicted octanol–water partition coefficient (Wildman–Crippen LogP) is 15.2. The number of fused-ring (bicyclic) bond motifs is 6. The second-order valence-electron chi connectivity index (χ2n) is 15.7. The third-order valence-corrected chi connectivity index (χ3v) is 13.1. The van der Waals surface area contributed by atoms with E-state index in [0.29, 0.717) is 5.82 Å². The van der Waals surface area contributed by atoms with Crippen molar-refractivity contribution in [1.29, 1.82) is 0 Å². The molecule has 1 aliphatic carbocycles. The summed E-state index contributed by atoms with van der Waals surface area (Å²) in [6.45, 7) is 4.67. The molecule has 0 saturated heterocycles. The molecule has 2 nitrogen and oxygen atoms in total. The summed E-state index contributed by atoms with van der Waals surface area (Å²) in [5.74, 6) is 0.708. The van der Waals surface area contributed by atoms with Gasteiger partial charge in [-0.3, -0.25) is 0 Å². The number of benzene rings is 8. The molecule has 11 rings (SSSR count). The number of aromatic nitrogens is 2. The third kappa shape index (κ3) is 5.62. The summed E-state index contributed by atoms with van der Waals surface area (Å²) in [6, 6.07) is 70.1. The van der Waals surface area contributed by atoms with Gasteiger partial charge in [0.2, 0.25) is 0 Å². The minimum atomic E-state index is -0.122. The molecular weight excluding hydrogens is 721 g/mol. The fraction of sp³-hybridized carbons (Fsp3) is 0.0545. The lowest BCUT2D eigenvalue weighted by atomic mass is 9.82. The van der Waals surface area contributed by atoms with Crippen molar-refractivity contribution in [3.8, 4) is 78.4 Å². The van der Waals surface area contributed by atoms with Crippen molar-refractivity contribution < 1.29 is 0 Å². The molecule has 0 saturated carbocycles. The molecule has 8 aromatic carbocycles. The van der Waals surface area contributed by atoms with Crippen molar-refractivity contribution >= 4 is 31.5 Å². The van der Waals surface area contributed by atoms with E-state index in [0.717, 1.165) is 39.2 Å². The summed E-state index contributed by atoms with van der Waals surface area (Å²) >= 11 is 1.87. The summed E-state index contributed by atoms with van der Waals surface area (Å²) in [4.78, 5) is 10.8. The van der Waals surface area contributed by atoms with E-state index in [1.807, 2.05) is 17.4 Å². The van der Waals surface area contributed by atoms with Crippen molar-refractivity contribution in [3.63, 3.8) is 0 Å². The molecule has 0 bridgehead atoms. The summed E-state index contributed by atoms with van der Waals surface area (Å²) < 4.78 is 2.58. The van der Waals surface area contributed by atoms with Gasteiger partial charge in [0, 0.05) is 42.3 Å². The topological polar surface area (TPSA) is 25.8 Å². The Kier molecular flexibility index (Phi) is 8.06. The van der Waals surface area contributed by atoms with Crippen LogP contribution >= 0.6 is 11.3 Å². The number of hydrogen-bond donors (Lipinski definition) is 0. The number of rotatable bonds is 6. The van der Waals surface area contributed by atoms with Crippen molar-refractivity contribution in [2.24, 2.45) is 0 Å². The van der Waals surface area contributed by atoms with Gasteiger partial charge in [0.15, 0.2) is 5.82 Å². The van der Waals surface area contributed by atoms with Crippen LogP contribution in [0.3, 0.4) is 0 Å². The monoisotopic (exact) mass is 758 g/mol. The fourth-order valence-corrected chi connectivity index (χ4v) is 10.3. The highest BCUT2D eigenvalue weighted by Crippen LogP contribution is 2.52. The molecule has 0 aliphatic heterocycles. The van der Waals surface area contributed by atoms with Crippen LogP contribution in [0.15, 0.2) is 194 Å². The Morgan fingerprint density at radius 3 is 1.71 bits per heavy atom. The van der Waals surface area contributed by atoms with E-state index in [1.165, 1.54) is 64.7 Å². The molecule has 3 heteroatoms. The molecule has 0 radical (unpaired) electrons. The van der Waals surface area contributed by atoms with Crippen LogP contribution in [0.25, 0.3) is 98.6 Å². The van der Waals surface area contributed by atoms with Crippen LogP contribution in [0.5, 0.6) is 0 Å². The van der Waals surface area contributed by atoms with Crippen molar-refractivity contribution in [1.82, 2.24) is 9.97 Å². The number of hydrogen-bond acceptors (Lipinski definition) is 3. The Labute approximate surface area is 342 Å². The van der Waals surface area contributed by atoms with Crippen LogP contribution in [0.4, 0.5) is 0 Å². The van der Waals surface area contributed by atoms with Crippen LogP contribution in [-0.4, -0.2) is 9.97 Å². The zero-order valence-corrected chi connectivity index (χ0v) is 33.1. The summed E-state index contributed by atoms with van der Waals surface area (Å²) in [7, 11) is 0. The summed E-state index contributed by atoms with van der Waals surface area (Å²) in [5, 5.41) is 2.58. The molecular formula is C55H38N2S. The van der Waals surface area contributed by atoms with Crippen molar-refractivity contribution in [2.75, 3.05) is 0 Å². The minimum absolute atomic E-state index is 0.122. The van der Waals surface area contributed by atoms with Gasteiger partial charge >= 0.3 is 0 Å². The van der Waals surface area contributed by atoms with E-state index in [2.05, 4.69) is 202 Å². The molecule has 0 fully saturated rings. The van der Waals surface area contributed by atoms with E-state index in [9.17, 15) is 0 Å². The lowest BCUT2D eigenvalue weighted by Crippen LogP contribution is -2.14. The molecule has 58 heavy (non-hydrogen) atoms. The first-order chi connectivity index (χ1) is 28.5. The normalized spacial score (nSPS) is 12.8. The summed E-state index contributed by atoms with van der Waals surface area (Å²) in [5.41, 5.74) is 17.1. The highest BCUT2D eigenvalue weighted by atomic mass is 32.1. The second-order valence-corrected chi connectivity index (χ2v) is 16.8.